The Labute approximate surface area is 246 Å². The summed E-state index contributed by atoms with van der Waals surface area (Å²) >= 11 is 0. The number of rotatable bonds is 5. The first-order valence-electron chi connectivity index (χ1n) is 14.6. The van der Waals surface area contributed by atoms with E-state index in [1.54, 1.807) is 24.0 Å². The monoisotopic (exact) mass is 591 g/mol. The molecule has 11 heteroatoms. The fourth-order valence-electron chi connectivity index (χ4n) is 4.48. The fourth-order valence-corrected chi connectivity index (χ4v) is 4.48. The number of fused-ring (bicyclic) bond motifs is 1. The molecule has 0 radical (unpaired) electrons. The van der Waals surface area contributed by atoms with E-state index in [0.29, 0.717) is 53.7 Å². The van der Waals surface area contributed by atoms with E-state index in [1.807, 2.05) is 48.5 Å². The quantitative estimate of drug-likeness (QED) is 0.331. The number of ether oxygens (including phenoxy) is 1. The molecule has 1 fully saturated rings. The molecule has 0 spiro atoms. The first kappa shape index (κ1) is 34.6. The molecular weight excluding hydrogens is 547 g/mol. The zero-order chi connectivity index (χ0) is 31.7. The van der Waals surface area contributed by atoms with Crippen LogP contribution in [0.25, 0.3) is 16.9 Å². The van der Waals surface area contributed by atoms with Crippen molar-refractivity contribution >= 4 is 17.6 Å². The zero-order valence-electron chi connectivity index (χ0n) is 25.9. The second kappa shape index (κ2) is 15.0. The molecule has 42 heavy (non-hydrogen) atoms. The lowest BCUT2D eigenvalue weighted by Crippen LogP contribution is -2.42. The van der Waals surface area contributed by atoms with Gasteiger partial charge in [-0.15, -0.1) is 0 Å². The molecule has 2 aromatic heterocycles. The summed E-state index contributed by atoms with van der Waals surface area (Å²) in [5.74, 6) is 0.0935. The van der Waals surface area contributed by atoms with Crippen LogP contribution in [0.1, 0.15) is 89.3 Å². The number of halogens is 3. The third-order valence-electron chi connectivity index (χ3n) is 6.56. The summed E-state index contributed by atoms with van der Waals surface area (Å²) in [5, 5.41) is 7.34. The van der Waals surface area contributed by atoms with E-state index >= 15 is 0 Å². The van der Waals surface area contributed by atoms with Gasteiger partial charge < -0.3 is 15.0 Å². The second-order valence-corrected chi connectivity index (χ2v) is 10.6. The average Bonchev–Trinajstić information content (AvgIpc) is 3.40. The summed E-state index contributed by atoms with van der Waals surface area (Å²) < 4.78 is 46.2. The van der Waals surface area contributed by atoms with Crippen LogP contribution in [-0.4, -0.2) is 56.7 Å². The lowest BCUT2D eigenvalue weighted by atomic mass is 9.94. The Hall–Kier alpha value is -3.63. The maximum Gasteiger partial charge on any atom is 0.416 e. The van der Waals surface area contributed by atoms with Crippen LogP contribution in [0, 0.1) is 12.8 Å². The number of amides is 2. The topological polar surface area (TPSA) is 88.8 Å². The minimum atomic E-state index is -4.45. The van der Waals surface area contributed by atoms with Crippen LogP contribution in [0.5, 0.6) is 0 Å². The molecule has 0 saturated carbocycles. The second-order valence-electron chi connectivity index (χ2n) is 10.6. The van der Waals surface area contributed by atoms with Gasteiger partial charge in [0.25, 0.3) is 5.91 Å². The van der Waals surface area contributed by atoms with Gasteiger partial charge in [-0.25, -0.2) is 14.3 Å². The van der Waals surface area contributed by atoms with Crippen LogP contribution in [0.3, 0.4) is 0 Å². The number of aryl methyl sites for hydroxylation is 1. The Kier molecular flexibility index (Phi) is 12.4. The Morgan fingerprint density at radius 1 is 1.05 bits per heavy atom. The van der Waals surface area contributed by atoms with Crippen LogP contribution in [-0.2, 0) is 10.9 Å². The highest BCUT2D eigenvalue weighted by Gasteiger charge is 2.31. The number of aromatic nitrogens is 3. The number of hydrogen-bond acceptors (Lipinski definition) is 5. The third-order valence-corrected chi connectivity index (χ3v) is 6.56. The number of carbonyl (C=O) groups excluding carboxylic acids is 2. The lowest BCUT2D eigenvalue weighted by molar-refractivity contribution is -0.137. The Morgan fingerprint density at radius 3 is 2.29 bits per heavy atom. The van der Waals surface area contributed by atoms with E-state index in [0.717, 1.165) is 31.4 Å². The number of likely N-dealkylation sites (tertiary alicyclic amines) is 1. The number of piperidine rings is 1. The molecule has 2 amide bonds. The summed E-state index contributed by atoms with van der Waals surface area (Å²) in [7, 11) is 0. The van der Waals surface area contributed by atoms with Crippen molar-refractivity contribution in [1.82, 2.24) is 24.8 Å². The van der Waals surface area contributed by atoms with Crippen LogP contribution in [0.4, 0.5) is 18.0 Å². The SMILES string of the molecule is CC.CC.Cc1c(C(=O)NCCC2CCN(C(=O)OC(C)(C)C)CC2)cnc2cc(-c3cccc(C(F)(F)F)c3)nn12. The van der Waals surface area contributed by atoms with E-state index < -0.39 is 17.3 Å². The fraction of sp³-hybridized carbons (Fsp3) is 0.548. The molecule has 3 aromatic rings. The van der Waals surface area contributed by atoms with Crippen molar-refractivity contribution in [2.24, 2.45) is 5.92 Å². The molecule has 0 bridgehead atoms. The van der Waals surface area contributed by atoms with Gasteiger partial charge in [0, 0.05) is 37.5 Å². The van der Waals surface area contributed by atoms with Gasteiger partial charge in [0.05, 0.1) is 22.5 Å². The maximum absolute atomic E-state index is 13.1. The summed E-state index contributed by atoms with van der Waals surface area (Å²) in [6.45, 7) is 17.0. The van der Waals surface area contributed by atoms with Crippen LogP contribution < -0.4 is 5.32 Å². The molecule has 0 unspecified atom stereocenters. The number of carbonyl (C=O) groups is 2. The maximum atomic E-state index is 13.1. The summed E-state index contributed by atoms with van der Waals surface area (Å²) in [4.78, 5) is 31.1. The van der Waals surface area contributed by atoms with Gasteiger partial charge >= 0.3 is 12.3 Å². The highest BCUT2D eigenvalue weighted by molar-refractivity contribution is 5.95. The summed E-state index contributed by atoms with van der Waals surface area (Å²) in [6.07, 6.45) is -0.831. The molecule has 4 rings (SSSR count). The van der Waals surface area contributed by atoms with Crippen molar-refractivity contribution in [3.8, 4) is 11.3 Å². The molecule has 232 valence electrons. The molecule has 1 aliphatic rings. The van der Waals surface area contributed by atoms with Gasteiger partial charge in [-0.05, 0) is 65.0 Å². The minimum absolute atomic E-state index is 0.292. The Morgan fingerprint density at radius 2 is 1.69 bits per heavy atom. The van der Waals surface area contributed by atoms with Crippen LogP contribution in [0.2, 0.25) is 0 Å². The zero-order valence-corrected chi connectivity index (χ0v) is 25.9. The van der Waals surface area contributed by atoms with Crippen LogP contribution >= 0.6 is 0 Å². The van der Waals surface area contributed by atoms with Gasteiger partial charge in [-0.1, -0.05) is 39.8 Å². The van der Waals surface area contributed by atoms with Crippen molar-refractivity contribution < 1.29 is 27.5 Å². The third kappa shape index (κ3) is 9.19. The Bertz CT molecular complexity index is 1320. The highest BCUT2D eigenvalue weighted by atomic mass is 19.4. The summed E-state index contributed by atoms with van der Waals surface area (Å²) in [6, 6.07) is 6.53. The predicted octanol–water partition coefficient (Wildman–Crippen LogP) is 7.54. The van der Waals surface area contributed by atoms with Crippen molar-refractivity contribution in [3.05, 3.63) is 53.3 Å². The molecule has 1 N–H and O–H groups in total. The molecule has 1 aromatic carbocycles. The normalized spacial score (nSPS) is 13.9. The van der Waals surface area contributed by atoms with Crippen molar-refractivity contribution in [2.45, 2.75) is 86.4 Å². The van der Waals surface area contributed by atoms with E-state index in [2.05, 4.69) is 15.4 Å². The number of benzene rings is 1. The molecule has 3 heterocycles. The molecule has 1 saturated heterocycles. The molecule has 0 atom stereocenters. The Balaban J connectivity index is 0.00000148. The van der Waals surface area contributed by atoms with E-state index in [9.17, 15) is 22.8 Å². The largest absolute Gasteiger partial charge is 0.444 e. The molecular formula is C31H44F3N5O3. The predicted molar refractivity (Wildman–Crippen MR) is 158 cm³/mol. The lowest BCUT2D eigenvalue weighted by Gasteiger charge is -2.33. The van der Waals surface area contributed by atoms with Crippen molar-refractivity contribution in [1.29, 1.82) is 0 Å². The van der Waals surface area contributed by atoms with Crippen molar-refractivity contribution in [2.75, 3.05) is 19.6 Å². The smallest absolute Gasteiger partial charge is 0.416 e. The molecule has 1 aliphatic heterocycles. The standard InChI is InChI=1S/C27H32F3N5O3.2C2H6/c1-17-21(24(36)31-11-8-18-9-12-34(13-10-18)25(37)38-26(2,3)4)16-32-23-15-22(33-35(17)23)19-6-5-7-20(14-19)27(28,29)30;2*1-2/h5-7,14-16,18H,8-13H2,1-4H3,(H,31,36);2*1-2H3. The minimum Gasteiger partial charge on any atom is -0.444 e. The van der Waals surface area contributed by atoms with Gasteiger partial charge in [0.15, 0.2) is 5.65 Å². The van der Waals surface area contributed by atoms with E-state index in [-0.39, 0.29) is 12.0 Å². The average molecular weight is 592 g/mol. The van der Waals surface area contributed by atoms with Crippen LogP contribution in [0.15, 0.2) is 36.5 Å². The first-order valence-corrected chi connectivity index (χ1v) is 14.6. The number of hydrogen-bond donors (Lipinski definition) is 1. The van der Waals surface area contributed by atoms with Gasteiger partial charge in [0.2, 0.25) is 0 Å². The van der Waals surface area contributed by atoms with Gasteiger partial charge in [-0.2, -0.15) is 18.3 Å². The highest BCUT2D eigenvalue weighted by Crippen LogP contribution is 2.32. The van der Waals surface area contributed by atoms with E-state index in [4.69, 9.17) is 4.74 Å². The molecule has 0 aliphatic carbocycles. The molecule has 8 nitrogen and oxygen atoms in total. The number of nitrogens with one attached hydrogen (secondary N) is 1. The van der Waals surface area contributed by atoms with Gasteiger partial charge in [0.1, 0.15) is 5.60 Å². The van der Waals surface area contributed by atoms with E-state index in [1.165, 1.54) is 16.8 Å². The first-order chi connectivity index (χ1) is 19.8. The summed E-state index contributed by atoms with van der Waals surface area (Å²) in [5.41, 5.74) is 0.683. The van der Waals surface area contributed by atoms with Crippen molar-refractivity contribution in [3.63, 3.8) is 0 Å². The number of alkyl halides is 3. The number of nitrogens with zero attached hydrogens (tertiary/aromatic N) is 4. The van der Waals surface area contributed by atoms with Gasteiger partial charge in [-0.3, -0.25) is 4.79 Å².